The maximum Gasteiger partial charge on any atom is 0.311 e. The smallest absolute Gasteiger partial charge is 0.311 e. The summed E-state index contributed by atoms with van der Waals surface area (Å²) in [4.78, 5) is 11.1. The zero-order valence-corrected chi connectivity index (χ0v) is 8.40. The van der Waals surface area contributed by atoms with Crippen LogP contribution in [0.3, 0.4) is 0 Å². The lowest BCUT2D eigenvalue weighted by molar-refractivity contribution is -0.147. The summed E-state index contributed by atoms with van der Waals surface area (Å²) in [6.07, 6.45) is 1.23. The number of hydrogen-bond donors (Lipinski definition) is 2. The number of aliphatic carboxylic acids is 1. The molecule has 1 aliphatic heterocycles. The van der Waals surface area contributed by atoms with Crippen molar-refractivity contribution in [2.75, 3.05) is 13.1 Å². The molecular weight excluding hydrogens is 190 g/mol. The van der Waals surface area contributed by atoms with Gasteiger partial charge in [-0.1, -0.05) is 17.2 Å². The number of nitrogens with one attached hydrogen (secondary N) is 1. The predicted octanol–water partition coefficient (Wildman–Crippen LogP) is 1.58. The van der Waals surface area contributed by atoms with Gasteiger partial charge in [-0.15, -0.1) is 0 Å². The molecule has 0 aliphatic carbocycles. The van der Waals surface area contributed by atoms with E-state index in [1.54, 1.807) is 0 Å². The normalized spacial score (nSPS) is 29.2. The molecule has 0 radical (unpaired) electrons. The second kappa shape index (κ2) is 4.11. The van der Waals surface area contributed by atoms with Crippen LogP contribution in [0, 0.1) is 5.41 Å². The van der Waals surface area contributed by atoms with E-state index in [0.717, 1.165) is 12.1 Å². The lowest BCUT2D eigenvalue weighted by atomic mass is 9.81. The number of halogens is 1. The highest BCUT2D eigenvalue weighted by Gasteiger charge is 2.41. The average Bonchev–Trinajstić information content (AvgIpc) is 2.54. The van der Waals surface area contributed by atoms with E-state index in [1.165, 1.54) is 5.54 Å². The molecule has 1 unspecified atom stereocenters. The zero-order valence-electron chi connectivity index (χ0n) is 7.64. The van der Waals surface area contributed by atoms with E-state index < -0.39 is 11.4 Å². The molecule has 0 aromatic heterocycles. The molecule has 0 aromatic rings. The molecule has 2 N–H and O–H groups in total. The van der Waals surface area contributed by atoms with Crippen molar-refractivity contribution in [1.29, 1.82) is 0 Å². The first kappa shape index (κ1) is 10.5. The number of carboxylic acids is 1. The number of allylic oxidation sites excluding steroid dienone is 1. The molecule has 0 aromatic carbocycles. The fourth-order valence-electron chi connectivity index (χ4n) is 1.73. The van der Waals surface area contributed by atoms with Gasteiger partial charge in [0.2, 0.25) is 0 Å². The number of hydrogen-bond acceptors (Lipinski definition) is 2. The van der Waals surface area contributed by atoms with Gasteiger partial charge in [-0.2, -0.15) is 0 Å². The molecule has 0 spiro atoms. The molecule has 1 fully saturated rings. The zero-order chi connectivity index (χ0) is 9.90. The molecular formula is C9H14ClNO2. The molecule has 74 valence electrons. The largest absolute Gasteiger partial charge is 0.481 e. The van der Waals surface area contributed by atoms with Crippen molar-refractivity contribution < 1.29 is 9.90 Å². The van der Waals surface area contributed by atoms with Gasteiger partial charge < -0.3 is 10.4 Å². The highest BCUT2D eigenvalue weighted by molar-refractivity contribution is 6.25. The Bertz CT molecular complexity index is 232. The van der Waals surface area contributed by atoms with Gasteiger partial charge in [0, 0.05) is 12.1 Å². The highest BCUT2D eigenvalue weighted by Crippen LogP contribution is 2.33. The Morgan fingerprint density at radius 2 is 2.46 bits per heavy atom. The molecule has 4 heteroatoms. The van der Waals surface area contributed by atoms with E-state index in [1.807, 2.05) is 6.92 Å². The summed E-state index contributed by atoms with van der Waals surface area (Å²) in [5.74, 6) is -0.727. The standard InChI is InChI=1S/C9H14ClNO2/c1-7(5-10)4-9(8(12)13)2-3-11-6-9/h5,11H,2-4,6H2,1H3,(H,12,13). The van der Waals surface area contributed by atoms with Crippen LogP contribution in [0.25, 0.3) is 0 Å². The van der Waals surface area contributed by atoms with Crippen molar-refractivity contribution in [2.24, 2.45) is 5.41 Å². The summed E-state index contributed by atoms with van der Waals surface area (Å²) in [5, 5.41) is 12.2. The Kier molecular flexibility index (Phi) is 3.33. The molecule has 1 aliphatic rings. The van der Waals surface area contributed by atoms with Gasteiger partial charge >= 0.3 is 5.97 Å². The third kappa shape index (κ3) is 2.23. The number of rotatable bonds is 3. The first-order valence-corrected chi connectivity index (χ1v) is 4.74. The van der Waals surface area contributed by atoms with Crippen LogP contribution in [0.15, 0.2) is 11.1 Å². The van der Waals surface area contributed by atoms with Gasteiger partial charge in [0.1, 0.15) is 0 Å². The number of carboxylic acid groups (broad SMARTS) is 1. The molecule has 1 atom stereocenters. The third-order valence-corrected chi connectivity index (χ3v) is 2.87. The summed E-state index contributed by atoms with van der Waals surface area (Å²) in [7, 11) is 0. The van der Waals surface area contributed by atoms with E-state index in [-0.39, 0.29) is 0 Å². The van der Waals surface area contributed by atoms with Gasteiger partial charge in [-0.05, 0) is 26.3 Å². The van der Waals surface area contributed by atoms with Crippen LogP contribution in [-0.2, 0) is 4.79 Å². The van der Waals surface area contributed by atoms with Gasteiger partial charge in [0.25, 0.3) is 0 Å². The van der Waals surface area contributed by atoms with Crippen LogP contribution in [0.2, 0.25) is 0 Å². The van der Waals surface area contributed by atoms with Crippen LogP contribution in [0.1, 0.15) is 19.8 Å². The van der Waals surface area contributed by atoms with Crippen LogP contribution < -0.4 is 5.32 Å². The van der Waals surface area contributed by atoms with Crippen molar-refractivity contribution in [3.63, 3.8) is 0 Å². The van der Waals surface area contributed by atoms with Crippen LogP contribution in [0.5, 0.6) is 0 Å². The molecule has 0 bridgehead atoms. The van der Waals surface area contributed by atoms with E-state index in [2.05, 4.69) is 5.32 Å². The fraction of sp³-hybridized carbons (Fsp3) is 0.667. The molecule has 3 nitrogen and oxygen atoms in total. The Balaban J connectivity index is 2.74. The fourth-order valence-corrected chi connectivity index (χ4v) is 1.80. The lowest BCUT2D eigenvalue weighted by Crippen LogP contribution is -2.33. The second-order valence-electron chi connectivity index (χ2n) is 3.64. The van der Waals surface area contributed by atoms with Crippen molar-refractivity contribution in [3.05, 3.63) is 11.1 Å². The van der Waals surface area contributed by atoms with Gasteiger partial charge in [0.15, 0.2) is 0 Å². The van der Waals surface area contributed by atoms with Crippen molar-refractivity contribution in [3.8, 4) is 0 Å². The Labute approximate surface area is 82.8 Å². The maximum atomic E-state index is 11.1. The van der Waals surface area contributed by atoms with Gasteiger partial charge in [-0.3, -0.25) is 4.79 Å². The lowest BCUT2D eigenvalue weighted by Gasteiger charge is -2.22. The topological polar surface area (TPSA) is 49.3 Å². The molecule has 0 amide bonds. The van der Waals surface area contributed by atoms with E-state index in [9.17, 15) is 4.79 Å². The van der Waals surface area contributed by atoms with E-state index >= 15 is 0 Å². The first-order chi connectivity index (χ1) is 6.10. The highest BCUT2D eigenvalue weighted by atomic mass is 35.5. The summed E-state index contributed by atoms with van der Waals surface area (Å²) in [6.45, 7) is 3.18. The van der Waals surface area contributed by atoms with Crippen LogP contribution in [-0.4, -0.2) is 24.2 Å². The molecule has 0 saturated carbocycles. The monoisotopic (exact) mass is 203 g/mol. The Morgan fingerprint density at radius 1 is 1.77 bits per heavy atom. The Hall–Kier alpha value is -0.540. The van der Waals surface area contributed by atoms with Gasteiger partial charge in [-0.25, -0.2) is 0 Å². The summed E-state index contributed by atoms with van der Waals surface area (Å²) in [5.41, 5.74) is 1.76. The molecule has 1 heterocycles. The van der Waals surface area contributed by atoms with Gasteiger partial charge in [0.05, 0.1) is 5.41 Å². The minimum absolute atomic E-state index is 0.541. The van der Waals surface area contributed by atoms with Crippen molar-refractivity contribution >= 4 is 17.6 Å². The summed E-state index contributed by atoms with van der Waals surface area (Å²) < 4.78 is 0. The maximum absolute atomic E-state index is 11.1. The third-order valence-electron chi connectivity index (χ3n) is 2.50. The molecule has 1 saturated heterocycles. The van der Waals surface area contributed by atoms with Crippen LogP contribution in [0.4, 0.5) is 0 Å². The van der Waals surface area contributed by atoms with E-state index in [0.29, 0.717) is 19.4 Å². The minimum Gasteiger partial charge on any atom is -0.481 e. The molecule has 1 rings (SSSR count). The van der Waals surface area contributed by atoms with Crippen molar-refractivity contribution in [2.45, 2.75) is 19.8 Å². The molecule has 13 heavy (non-hydrogen) atoms. The first-order valence-electron chi connectivity index (χ1n) is 4.31. The second-order valence-corrected chi connectivity index (χ2v) is 3.86. The Morgan fingerprint density at radius 3 is 2.85 bits per heavy atom. The van der Waals surface area contributed by atoms with Crippen molar-refractivity contribution in [1.82, 2.24) is 5.32 Å². The predicted molar refractivity (Wildman–Crippen MR) is 51.8 cm³/mol. The summed E-state index contributed by atoms with van der Waals surface area (Å²) >= 11 is 5.52. The quantitative estimate of drug-likeness (QED) is 0.733. The van der Waals surface area contributed by atoms with E-state index in [4.69, 9.17) is 16.7 Å². The number of carbonyl (C=O) groups is 1. The minimum atomic E-state index is -0.727. The average molecular weight is 204 g/mol. The van der Waals surface area contributed by atoms with Crippen LogP contribution >= 0.6 is 11.6 Å². The summed E-state index contributed by atoms with van der Waals surface area (Å²) in [6, 6.07) is 0. The SMILES string of the molecule is CC(=CCl)CC1(C(=O)O)CCNC1.